The highest BCUT2D eigenvalue weighted by Crippen LogP contribution is 2.30. The van der Waals surface area contributed by atoms with Crippen molar-refractivity contribution in [3.63, 3.8) is 0 Å². The average molecular weight is 313 g/mol. The number of nitrogens with zero attached hydrogens (tertiary/aromatic N) is 3. The Morgan fingerprint density at radius 1 is 1.36 bits per heavy atom. The van der Waals surface area contributed by atoms with Gasteiger partial charge in [-0.05, 0) is 24.6 Å². The van der Waals surface area contributed by atoms with Crippen molar-refractivity contribution in [2.24, 2.45) is 0 Å². The highest BCUT2D eigenvalue weighted by Gasteiger charge is 2.39. The van der Waals surface area contributed by atoms with Crippen LogP contribution in [0.1, 0.15) is 28.2 Å². The number of ether oxygens (including phenoxy) is 1. The third kappa shape index (κ3) is 3.84. The van der Waals surface area contributed by atoms with E-state index in [-0.39, 0.29) is 19.4 Å². The number of alkyl halides is 3. The average Bonchev–Trinajstić information content (AvgIpc) is 2.87. The molecule has 2 aromatic rings. The third-order valence-electron chi connectivity index (χ3n) is 2.91. The zero-order valence-corrected chi connectivity index (χ0v) is 11.8. The molecule has 0 N–H and O–H groups in total. The van der Waals surface area contributed by atoms with Crippen LogP contribution in [0.25, 0.3) is 0 Å². The zero-order chi connectivity index (χ0) is 16.2. The molecule has 0 unspecified atom stereocenters. The number of halogens is 3. The molecule has 0 saturated carbocycles. The molecule has 1 aromatic heterocycles. The van der Waals surface area contributed by atoms with Crippen LogP contribution in [0.5, 0.6) is 5.75 Å². The maximum atomic E-state index is 12.9. The van der Waals surface area contributed by atoms with Crippen molar-refractivity contribution in [2.75, 3.05) is 6.61 Å². The Bertz CT molecular complexity index is 653. The van der Waals surface area contributed by atoms with Crippen LogP contribution in [-0.4, -0.2) is 27.9 Å². The van der Waals surface area contributed by atoms with Crippen molar-refractivity contribution >= 4 is 6.29 Å². The maximum Gasteiger partial charge on any atom is 0.435 e. The quantitative estimate of drug-likeness (QED) is 0.608. The van der Waals surface area contributed by atoms with Crippen molar-refractivity contribution in [1.82, 2.24) is 15.0 Å². The Labute approximate surface area is 124 Å². The topological polar surface area (TPSA) is 57.0 Å². The molecule has 0 spiro atoms. The fourth-order valence-corrected chi connectivity index (χ4v) is 1.96. The Morgan fingerprint density at radius 3 is 2.77 bits per heavy atom. The summed E-state index contributed by atoms with van der Waals surface area (Å²) in [5.41, 5.74) is -0.797. The lowest BCUT2D eigenvalue weighted by atomic mass is 10.2. The van der Waals surface area contributed by atoms with E-state index in [1.54, 1.807) is 6.07 Å². The summed E-state index contributed by atoms with van der Waals surface area (Å²) >= 11 is 0. The predicted octanol–water partition coefficient (Wildman–Crippen LogP) is 2.89. The molecule has 22 heavy (non-hydrogen) atoms. The normalized spacial score (nSPS) is 11.5. The van der Waals surface area contributed by atoms with Crippen LogP contribution in [0.3, 0.4) is 0 Å². The second-order valence-electron chi connectivity index (χ2n) is 4.68. The van der Waals surface area contributed by atoms with Crippen molar-refractivity contribution in [3.05, 3.63) is 41.2 Å². The predicted molar refractivity (Wildman–Crippen MR) is 71.7 cm³/mol. The molecule has 0 aliphatic heterocycles. The van der Waals surface area contributed by atoms with Gasteiger partial charge in [0.05, 0.1) is 6.61 Å². The molecule has 0 radical (unpaired) electrons. The van der Waals surface area contributed by atoms with E-state index in [4.69, 9.17) is 4.74 Å². The van der Waals surface area contributed by atoms with E-state index in [9.17, 15) is 18.0 Å². The fourth-order valence-electron chi connectivity index (χ4n) is 1.96. The second kappa shape index (κ2) is 6.59. The molecule has 118 valence electrons. The molecule has 0 aliphatic rings. The molecule has 0 bridgehead atoms. The van der Waals surface area contributed by atoms with Gasteiger partial charge in [-0.25, -0.2) is 4.68 Å². The van der Waals surface area contributed by atoms with Crippen LogP contribution in [0, 0.1) is 6.92 Å². The van der Waals surface area contributed by atoms with E-state index >= 15 is 0 Å². The first-order valence-electron chi connectivity index (χ1n) is 6.57. The van der Waals surface area contributed by atoms with Crippen LogP contribution >= 0.6 is 0 Å². The van der Waals surface area contributed by atoms with Crippen molar-refractivity contribution in [3.8, 4) is 5.75 Å². The maximum absolute atomic E-state index is 12.9. The highest BCUT2D eigenvalue weighted by atomic mass is 19.4. The lowest BCUT2D eigenvalue weighted by molar-refractivity contribution is -0.144. The van der Waals surface area contributed by atoms with Gasteiger partial charge in [0.15, 0.2) is 17.7 Å². The minimum Gasteiger partial charge on any atom is -0.494 e. The van der Waals surface area contributed by atoms with Gasteiger partial charge in [-0.3, -0.25) is 4.79 Å². The first kappa shape index (κ1) is 16.0. The molecule has 0 atom stereocenters. The molecule has 2 rings (SSSR count). The lowest BCUT2D eigenvalue weighted by Crippen LogP contribution is -2.17. The van der Waals surface area contributed by atoms with Gasteiger partial charge in [0, 0.05) is 13.0 Å². The van der Waals surface area contributed by atoms with Gasteiger partial charge in [-0.15, -0.1) is 5.10 Å². The number of aromatic nitrogens is 3. The number of hydrogen-bond donors (Lipinski definition) is 0. The molecule has 1 heterocycles. The number of aryl methyl sites for hydroxylation is 2. The summed E-state index contributed by atoms with van der Waals surface area (Å²) in [4.78, 5) is 10.6. The highest BCUT2D eigenvalue weighted by molar-refractivity contribution is 5.73. The Balaban J connectivity index is 1.95. The van der Waals surface area contributed by atoms with Crippen LogP contribution in [0.4, 0.5) is 13.2 Å². The van der Waals surface area contributed by atoms with Crippen molar-refractivity contribution in [2.45, 2.75) is 26.1 Å². The molecule has 5 nitrogen and oxygen atoms in total. The van der Waals surface area contributed by atoms with Crippen LogP contribution < -0.4 is 4.74 Å². The van der Waals surface area contributed by atoms with Crippen LogP contribution in [0.15, 0.2) is 24.3 Å². The smallest absolute Gasteiger partial charge is 0.435 e. The summed E-state index contributed by atoms with van der Waals surface area (Å²) < 4.78 is 44.7. The summed E-state index contributed by atoms with van der Waals surface area (Å²) in [6.45, 7) is 2.11. The van der Waals surface area contributed by atoms with E-state index in [0.29, 0.717) is 16.9 Å². The molecule has 1 aromatic carbocycles. The molecule has 0 amide bonds. The molecular weight excluding hydrogens is 299 g/mol. The number of carbonyl (C=O) groups is 1. The SMILES string of the molecule is Cc1cccc(OCCCn2nnc(C=O)c2C(F)(F)F)c1. The summed E-state index contributed by atoms with van der Waals surface area (Å²) in [6.07, 6.45) is -4.31. The van der Waals surface area contributed by atoms with Gasteiger partial charge >= 0.3 is 6.18 Å². The third-order valence-corrected chi connectivity index (χ3v) is 2.91. The van der Waals surface area contributed by atoms with Gasteiger partial charge in [0.25, 0.3) is 0 Å². The Kier molecular flexibility index (Phi) is 4.79. The molecule has 0 aliphatic carbocycles. The summed E-state index contributed by atoms with van der Waals surface area (Å²) in [6, 6.07) is 7.36. The first-order valence-corrected chi connectivity index (χ1v) is 6.57. The lowest BCUT2D eigenvalue weighted by Gasteiger charge is -2.10. The standard InChI is InChI=1S/C14H14F3N3O2/c1-10-4-2-5-11(8-10)22-7-3-6-20-13(14(15,16)17)12(9-21)18-19-20/h2,4-5,8-9H,3,6-7H2,1H3. The molecule has 0 saturated heterocycles. The minimum absolute atomic E-state index is 0.0402. The van der Waals surface area contributed by atoms with Crippen LogP contribution in [-0.2, 0) is 12.7 Å². The van der Waals surface area contributed by atoms with Gasteiger partial charge in [0.2, 0.25) is 0 Å². The van der Waals surface area contributed by atoms with E-state index in [0.717, 1.165) is 5.56 Å². The van der Waals surface area contributed by atoms with E-state index in [1.165, 1.54) is 0 Å². The van der Waals surface area contributed by atoms with Gasteiger partial charge < -0.3 is 4.74 Å². The minimum atomic E-state index is -4.67. The first-order chi connectivity index (χ1) is 10.4. The van der Waals surface area contributed by atoms with E-state index < -0.39 is 17.6 Å². The second-order valence-corrected chi connectivity index (χ2v) is 4.68. The Morgan fingerprint density at radius 2 is 2.14 bits per heavy atom. The number of rotatable bonds is 6. The monoisotopic (exact) mass is 313 g/mol. The van der Waals surface area contributed by atoms with Crippen LogP contribution in [0.2, 0.25) is 0 Å². The number of carbonyl (C=O) groups excluding carboxylic acids is 1. The van der Waals surface area contributed by atoms with Gasteiger partial charge in [0.1, 0.15) is 5.75 Å². The largest absolute Gasteiger partial charge is 0.494 e. The van der Waals surface area contributed by atoms with E-state index in [2.05, 4.69) is 10.3 Å². The summed E-state index contributed by atoms with van der Waals surface area (Å²) in [7, 11) is 0. The van der Waals surface area contributed by atoms with Gasteiger partial charge in [-0.1, -0.05) is 17.3 Å². The van der Waals surface area contributed by atoms with Gasteiger partial charge in [-0.2, -0.15) is 13.2 Å². The Hall–Kier alpha value is -2.38. The fraction of sp³-hybridized carbons (Fsp3) is 0.357. The zero-order valence-electron chi connectivity index (χ0n) is 11.8. The van der Waals surface area contributed by atoms with Crippen molar-refractivity contribution < 1.29 is 22.7 Å². The summed E-state index contributed by atoms with van der Waals surface area (Å²) in [5.74, 6) is 0.656. The molecular formula is C14H14F3N3O2. The number of hydrogen-bond acceptors (Lipinski definition) is 4. The number of aldehydes is 1. The molecule has 8 heteroatoms. The molecule has 0 fully saturated rings. The summed E-state index contributed by atoms with van der Waals surface area (Å²) in [5, 5.41) is 6.61. The van der Waals surface area contributed by atoms with E-state index in [1.807, 2.05) is 25.1 Å². The van der Waals surface area contributed by atoms with Crippen molar-refractivity contribution in [1.29, 1.82) is 0 Å². The number of benzene rings is 1.